The molecular formula is C20H22N4O. The third-order valence-corrected chi connectivity index (χ3v) is 3.81. The Bertz CT molecular complexity index is 844. The number of hydrogen-bond acceptors (Lipinski definition) is 5. The van der Waals surface area contributed by atoms with Crippen LogP contribution in [0.15, 0.2) is 54.9 Å². The number of methoxy groups -OCH3 is 1. The SMILES string of the molecule is COc1ccccc1CNc1cc(Nc2cc(C)cc(C)c2)ncn1. The van der Waals surface area contributed by atoms with Gasteiger partial charge in [0.2, 0.25) is 0 Å². The first-order valence-corrected chi connectivity index (χ1v) is 8.17. The molecule has 0 atom stereocenters. The van der Waals surface area contributed by atoms with Gasteiger partial charge in [-0.05, 0) is 43.2 Å². The predicted molar refractivity (Wildman–Crippen MR) is 102 cm³/mol. The quantitative estimate of drug-likeness (QED) is 0.697. The second kappa shape index (κ2) is 7.66. The van der Waals surface area contributed by atoms with Crippen LogP contribution in [0.2, 0.25) is 0 Å². The molecule has 2 N–H and O–H groups in total. The number of nitrogens with zero attached hydrogens (tertiary/aromatic N) is 2. The fourth-order valence-corrected chi connectivity index (χ4v) is 2.75. The molecule has 0 radical (unpaired) electrons. The number of aryl methyl sites for hydroxylation is 2. The van der Waals surface area contributed by atoms with Crippen molar-refractivity contribution in [3.05, 3.63) is 71.5 Å². The normalized spacial score (nSPS) is 10.4. The van der Waals surface area contributed by atoms with Gasteiger partial charge in [-0.2, -0.15) is 0 Å². The second-order valence-electron chi connectivity index (χ2n) is 5.96. The summed E-state index contributed by atoms with van der Waals surface area (Å²) >= 11 is 0. The van der Waals surface area contributed by atoms with E-state index in [2.05, 4.69) is 52.6 Å². The minimum Gasteiger partial charge on any atom is -0.496 e. The van der Waals surface area contributed by atoms with Crippen molar-refractivity contribution in [3.63, 3.8) is 0 Å². The average Bonchev–Trinajstić information content (AvgIpc) is 2.59. The zero-order valence-corrected chi connectivity index (χ0v) is 14.7. The lowest BCUT2D eigenvalue weighted by molar-refractivity contribution is 0.410. The molecule has 25 heavy (non-hydrogen) atoms. The van der Waals surface area contributed by atoms with Gasteiger partial charge in [0.15, 0.2) is 0 Å². The lowest BCUT2D eigenvalue weighted by atomic mass is 10.1. The summed E-state index contributed by atoms with van der Waals surface area (Å²) in [5.41, 5.74) is 4.52. The summed E-state index contributed by atoms with van der Waals surface area (Å²) in [6.45, 7) is 4.79. The molecule has 0 saturated heterocycles. The van der Waals surface area contributed by atoms with Gasteiger partial charge in [0, 0.05) is 23.9 Å². The maximum absolute atomic E-state index is 5.37. The van der Waals surface area contributed by atoms with E-state index in [1.807, 2.05) is 30.3 Å². The van der Waals surface area contributed by atoms with Crippen LogP contribution in [0.25, 0.3) is 0 Å². The Hall–Kier alpha value is -3.08. The monoisotopic (exact) mass is 334 g/mol. The van der Waals surface area contributed by atoms with Gasteiger partial charge in [-0.15, -0.1) is 0 Å². The molecule has 5 nitrogen and oxygen atoms in total. The van der Waals surface area contributed by atoms with Crippen LogP contribution in [0.3, 0.4) is 0 Å². The molecule has 3 rings (SSSR count). The van der Waals surface area contributed by atoms with Gasteiger partial charge in [0.1, 0.15) is 23.7 Å². The molecule has 1 heterocycles. The number of ether oxygens (including phenoxy) is 1. The molecule has 0 saturated carbocycles. The van der Waals surface area contributed by atoms with Crippen molar-refractivity contribution in [1.29, 1.82) is 0 Å². The van der Waals surface area contributed by atoms with E-state index in [1.165, 1.54) is 11.1 Å². The van der Waals surface area contributed by atoms with Crippen molar-refractivity contribution in [1.82, 2.24) is 9.97 Å². The van der Waals surface area contributed by atoms with Gasteiger partial charge in [0.25, 0.3) is 0 Å². The van der Waals surface area contributed by atoms with Gasteiger partial charge in [-0.1, -0.05) is 24.3 Å². The van der Waals surface area contributed by atoms with E-state index in [4.69, 9.17) is 4.74 Å². The minimum absolute atomic E-state index is 0.629. The molecule has 0 fully saturated rings. The van der Waals surface area contributed by atoms with Gasteiger partial charge in [-0.25, -0.2) is 9.97 Å². The predicted octanol–water partition coefficient (Wildman–Crippen LogP) is 4.46. The van der Waals surface area contributed by atoms with Gasteiger partial charge in [-0.3, -0.25) is 0 Å². The molecule has 128 valence electrons. The third kappa shape index (κ3) is 4.47. The molecule has 2 aromatic carbocycles. The average molecular weight is 334 g/mol. The number of para-hydroxylation sites is 1. The van der Waals surface area contributed by atoms with E-state index in [0.29, 0.717) is 6.54 Å². The van der Waals surface area contributed by atoms with Gasteiger partial charge >= 0.3 is 0 Å². The van der Waals surface area contributed by atoms with E-state index >= 15 is 0 Å². The molecule has 3 aromatic rings. The second-order valence-corrected chi connectivity index (χ2v) is 5.96. The van der Waals surface area contributed by atoms with Crippen LogP contribution in [0.1, 0.15) is 16.7 Å². The summed E-state index contributed by atoms with van der Waals surface area (Å²) in [7, 11) is 1.68. The Morgan fingerprint density at radius 1 is 0.920 bits per heavy atom. The number of aromatic nitrogens is 2. The Kier molecular flexibility index (Phi) is 5.14. The van der Waals surface area contributed by atoms with Crippen molar-refractivity contribution in [2.24, 2.45) is 0 Å². The van der Waals surface area contributed by atoms with Crippen molar-refractivity contribution in [2.75, 3.05) is 17.7 Å². The summed E-state index contributed by atoms with van der Waals surface area (Å²) in [6.07, 6.45) is 1.55. The molecule has 1 aromatic heterocycles. The molecule has 0 aliphatic carbocycles. The van der Waals surface area contributed by atoms with Crippen LogP contribution in [-0.4, -0.2) is 17.1 Å². The number of hydrogen-bond donors (Lipinski definition) is 2. The smallest absolute Gasteiger partial charge is 0.135 e. The maximum atomic E-state index is 5.37. The van der Waals surface area contributed by atoms with Crippen LogP contribution in [0.5, 0.6) is 5.75 Å². The van der Waals surface area contributed by atoms with Crippen LogP contribution in [0.4, 0.5) is 17.3 Å². The van der Waals surface area contributed by atoms with E-state index in [9.17, 15) is 0 Å². The van der Waals surface area contributed by atoms with Crippen LogP contribution >= 0.6 is 0 Å². The van der Waals surface area contributed by atoms with Crippen molar-refractivity contribution in [3.8, 4) is 5.75 Å². The molecule has 0 aliphatic rings. The van der Waals surface area contributed by atoms with E-state index in [1.54, 1.807) is 13.4 Å². The highest BCUT2D eigenvalue weighted by atomic mass is 16.5. The Morgan fingerprint density at radius 2 is 1.64 bits per heavy atom. The Labute approximate surface area is 148 Å². The number of nitrogens with one attached hydrogen (secondary N) is 2. The molecule has 0 aliphatic heterocycles. The minimum atomic E-state index is 0.629. The fraction of sp³-hybridized carbons (Fsp3) is 0.200. The first kappa shape index (κ1) is 16.8. The summed E-state index contributed by atoms with van der Waals surface area (Å²) in [5, 5.41) is 6.64. The molecule has 0 unspecified atom stereocenters. The molecule has 0 bridgehead atoms. The summed E-state index contributed by atoms with van der Waals surface area (Å²) < 4.78 is 5.37. The standard InChI is InChI=1S/C20H22N4O/c1-14-8-15(2)10-17(9-14)24-20-11-19(22-13-23-20)21-12-16-6-4-5-7-18(16)25-3/h4-11,13H,12H2,1-3H3,(H2,21,22,23,24). The highest BCUT2D eigenvalue weighted by Crippen LogP contribution is 2.21. The van der Waals surface area contributed by atoms with Gasteiger partial charge < -0.3 is 15.4 Å². The van der Waals surface area contributed by atoms with E-state index in [0.717, 1.165) is 28.6 Å². The lowest BCUT2D eigenvalue weighted by Crippen LogP contribution is -2.04. The molecule has 0 amide bonds. The van der Waals surface area contributed by atoms with Crippen LogP contribution in [-0.2, 0) is 6.54 Å². The molecule has 0 spiro atoms. The lowest BCUT2D eigenvalue weighted by Gasteiger charge is -2.11. The zero-order valence-electron chi connectivity index (χ0n) is 14.7. The summed E-state index contributed by atoms with van der Waals surface area (Å²) in [6, 6.07) is 16.2. The Morgan fingerprint density at radius 3 is 2.40 bits per heavy atom. The molecule has 5 heteroatoms. The largest absolute Gasteiger partial charge is 0.496 e. The van der Waals surface area contributed by atoms with Crippen LogP contribution < -0.4 is 15.4 Å². The zero-order chi connectivity index (χ0) is 17.6. The van der Waals surface area contributed by atoms with E-state index in [-0.39, 0.29) is 0 Å². The summed E-state index contributed by atoms with van der Waals surface area (Å²) in [5.74, 6) is 2.37. The maximum Gasteiger partial charge on any atom is 0.135 e. The van der Waals surface area contributed by atoms with E-state index < -0.39 is 0 Å². The van der Waals surface area contributed by atoms with Gasteiger partial charge in [0.05, 0.1) is 7.11 Å². The molecular weight excluding hydrogens is 312 g/mol. The van der Waals surface area contributed by atoms with Crippen molar-refractivity contribution >= 4 is 17.3 Å². The fourth-order valence-electron chi connectivity index (χ4n) is 2.75. The highest BCUT2D eigenvalue weighted by molar-refractivity contribution is 5.60. The van der Waals surface area contributed by atoms with Crippen molar-refractivity contribution in [2.45, 2.75) is 20.4 Å². The first-order valence-electron chi connectivity index (χ1n) is 8.17. The first-order chi connectivity index (χ1) is 12.1. The van der Waals surface area contributed by atoms with Crippen molar-refractivity contribution < 1.29 is 4.74 Å². The topological polar surface area (TPSA) is 59.1 Å². The number of benzene rings is 2. The third-order valence-electron chi connectivity index (χ3n) is 3.81. The number of rotatable bonds is 6. The summed E-state index contributed by atoms with van der Waals surface area (Å²) in [4.78, 5) is 8.58. The highest BCUT2D eigenvalue weighted by Gasteiger charge is 2.04. The number of anilines is 3. The Balaban J connectivity index is 1.71. The van der Waals surface area contributed by atoms with Crippen LogP contribution in [0, 0.1) is 13.8 Å².